The lowest BCUT2D eigenvalue weighted by Crippen LogP contribution is -2.06. The Morgan fingerprint density at radius 1 is 1.18 bits per heavy atom. The van der Waals surface area contributed by atoms with Crippen LogP contribution in [0.3, 0.4) is 0 Å². The Kier molecular flexibility index (Phi) is 3.11. The molecule has 17 heavy (non-hydrogen) atoms. The normalized spacial score (nSPS) is 10.6. The van der Waals surface area contributed by atoms with Crippen LogP contribution in [-0.4, -0.2) is 5.78 Å². The highest BCUT2D eigenvalue weighted by atomic mass is 32.1. The maximum absolute atomic E-state index is 13.9. The molecular weight excluding hydrogens is 235 g/mol. The van der Waals surface area contributed by atoms with Crippen molar-refractivity contribution in [3.05, 3.63) is 56.5 Å². The molecule has 0 fully saturated rings. The Balaban J connectivity index is 2.56. The highest BCUT2D eigenvalue weighted by molar-refractivity contribution is 7.12. The molecule has 3 heteroatoms. The molecule has 1 aromatic heterocycles. The van der Waals surface area contributed by atoms with Crippen molar-refractivity contribution >= 4 is 17.1 Å². The van der Waals surface area contributed by atoms with Crippen LogP contribution >= 0.6 is 11.3 Å². The highest BCUT2D eigenvalue weighted by Gasteiger charge is 2.19. The van der Waals surface area contributed by atoms with Crippen LogP contribution in [0, 0.1) is 26.6 Å². The molecule has 88 valence electrons. The van der Waals surface area contributed by atoms with Gasteiger partial charge >= 0.3 is 0 Å². The minimum Gasteiger partial charge on any atom is -0.288 e. The van der Waals surface area contributed by atoms with Gasteiger partial charge in [0.1, 0.15) is 5.82 Å². The first-order valence-corrected chi connectivity index (χ1v) is 6.24. The van der Waals surface area contributed by atoms with Gasteiger partial charge in [0.25, 0.3) is 0 Å². The summed E-state index contributed by atoms with van der Waals surface area (Å²) in [6.45, 7) is 5.46. The van der Waals surface area contributed by atoms with Gasteiger partial charge in [-0.05, 0) is 55.0 Å². The molecule has 0 unspecified atom stereocenters. The molecule has 0 saturated heterocycles. The quantitative estimate of drug-likeness (QED) is 0.733. The summed E-state index contributed by atoms with van der Waals surface area (Å²) in [5.41, 5.74) is 2.63. The fourth-order valence-electron chi connectivity index (χ4n) is 1.92. The van der Waals surface area contributed by atoms with Gasteiger partial charge in [-0.25, -0.2) is 4.39 Å². The average molecular weight is 248 g/mol. The molecule has 0 N–H and O–H groups in total. The third-order valence-corrected chi connectivity index (χ3v) is 3.74. The SMILES string of the molecule is Cc1cc(C)c(C(=O)c2sccc2C)c(F)c1. The summed E-state index contributed by atoms with van der Waals surface area (Å²) < 4.78 is 13.9. The van der Waals surface area contributed by atoms with Crippen molar-refractivity contribution in [1.82, 2.24) is 0 Å². The molecule has 0 aliphatic heterocycles. The molecule has 0 atom stereocenters. The second kappa shape index (κ2) is 4.41. The maximum atomic E-state index is 13.9. The zero-order valence-corrected chi connectivity index (χ0v) is 10.8. The summed E-state index contributed by atoms with van der Waals surface area (Å²) >= 11 is 1.36. The fourth-order valence-corrected chi connectivity index (χ4v) is 2.79. The predicted octanol–water partition coefficient (Wildman–Crippen LogP) is 4.04. The Bertz CT molecular complexity index is 561. The Labute approximate surface area is 104 Å². The van der Waals surface area contributed by atoms with Crippen molar-refractivity contribution in [3.8, 4) is 0 Å². The highest BCUT2D eigenvalue weighted by Crippen LogP contribution is 2.24. The molecule has 1 aromatic carbocycles. The fraction of sp³-hybridized carbons (Fsp3) is 0.214. The molecular formula is C14H13FOS. The lowest BCUT2D eigenvalue weighted by molar-refractivity contribution is 0.103. The number of benzene rings is 1. The van der Waals surface area contributed by atoms with Crippen LogP contribution < -0.4 is 0 Å². The number of halogens is 1. The third-order valence-electron chi connectivity index (χ3n) is 2.73. The van der Waals surface area contributed by atoms with Crippen LogP contribution in [0.1, 0.15) is 31.9 Å². The summed E-state index contributed by atoms with van der Waals surface area (Å²) in [5.74, 6) is -0.646. The average Bonchev–Trinajstić information content (AvgIpc) is 2.62. The van der Waals surface area contributed by atoms with Crippen molar-refractivity contribution in [2.45, 2.75) is 20.8 Å². The van der Waals surface area contributed by atoms with Crippen LogP contribution in [0.15, 0.2) is 23.6 Å². The van der Waals surface area contributed by atoms with E-state index < -0.39 is 5.82 Å². The number of rotatable bonds is 2. The molecule has 0 spiro atoms. The molecule has 1 heterocycles. The summed E-state index contributed by atoms with van der Waals surface area (Å²) in [5, 5.41) is 1.85. The van der Waals surface area contributed by atoms with Crippen molar-refractivity contribution < 1.29 is 9.18 Å². The molecule has 1 nitrogen and oxygen atoms in total. The van der Waals surface area contributed by atoms with Gasteiger partial charge in [0.15, 0.2) is 0 Å². The minimum absolute atomic E-state index is 0.196. The number of ketones is 1. The van der Waals surface area contributed by atoms with Gasteiger partial charge in [0.05, 0.1) is 10.4 Å². The topological polar surface area (TPSA) is 17.1 Å². The predicted molar refractivity (Wildman–Crippen MR) is 68.4 cm³/mol. The van der Waals surface area contributed by atoms with Gasteiger partial charge < -0.3 is 0 Å². The van der Waals surface area contributed by atoms with E-state index in [1.54, 1.807) is 6.92 Å². The van der Waals surface area contributed by atoms with E-state index >= 15 is 0 Å². The number of hydrogen-bond donors (Lipinski definition) is 0. The summed E-state index contributed by atoms with van der Waals surface area (Å²) in [4.78, 5) is 12.9. The minimum atomic E-state index is -0.430. The number of hydrogen-bond acceptors (Lipinski definition) is 2. The maximum Gasteiger partial charge on any atom is 0.206 e. The van der Waals surface area contributed by atoms with E-state index in [0.717, 1.165) is 11.1 Å². The molecule has 0 aliphatic carbocycles. The van der Waals surface area contributed by atoms with Crippen LogP contribution in [0.4, 0.5) is 4.39 Å². The Hall–Kier alpha value is -1.48. The van der Waals surface area contributed by atoms with E-state index in [1.165, 1.54) is 17.4 Å². The molecule has 0 aliphatic rings. The van der Waals surface area contributed by atoms with Crippen LogP contribution in [0.2, 0.25) is 0 Å². The lowest BCUT2D eigenvalue weighted by Gasteiger charge is -2.07. The standard InChI is InChI=1S/C14H13FOS/c1-8-6-10(3)12(11(15)7-8)13(16)14-9(2)4-5-17-14/h4-7H,1-3H3. The second-order valence-corrected chi connectivity index (χ2v) is 5.12. The summed E-state index contributed by atoms with van der Waals surface area (Å²) in [6.07, 6.45) is 0. The molecule has 2 rings (SSSR count). The number of aryl methyl sites for hydroxylation is 3. The third kappa shape index (κ3) is 2.15. The van der Waals surface area contributed by atoms with E-state index in [1.807, 2.05) is 31.4 Å². The van der Waals surface area contributed by atoms with Crippen molar-refractivity contribution in [3.63, 3.8) is 0 Å². The van der Waals surface area contributed by atoms with Gasteiger partial charge in [0.2, 0.25) is 5.78 Å². The van der Waals surface area contributed by atoms with E-state index in [9.17, 15) is 9.18 Å². The number of carbonyl (C=O) groups excluding carboxylic acids is 1. The van der Waals surface area contributed by atoms with Crippen LogP contribution in [0.25, 0.3) is 0 Å². The molecule has 0 amide bonds. The van der Waals surface area contributed by atoms with Gasteiger partial charge in [-0.2, -0.15) is 0 Å². The van der Waals surface area contributed by atoms with Gasteiger partial charge in [0, 0.05) is 0 Å². The Morgan fingerprint density at radius 2 is 1.88 bits per heavy atom. The first-order valence-electron chi connectivity index (χ1n) is 5.36. The van der Waals surface area contributed by atoms with Gasteiger partial charge in [-0.3, -0.25) is 4.79 Å². The monoisotopic (exact) mass is 248 g/mol. The molecule has 0 radical (unpaired) electrons. The van der Waals surface area contributed by atoms with Gasteiger partial charge in [-0.1, -0.05) is 6.07 Å². The van der Waals surface area contributed by atoms with Gasteiger partial charge in [-0.15, -0.1) is 11.3 Å². The number of thiophene rings is 1. The zero-order valence-electron chi connectivity index (χ0n) is 10.0. The first-order chi connectivity index (χ1) is 8.00. The van der Waals surface area contributed by atoms with Crippen LogP contribution in [-0.2, 0) is 0 Å². The van der Waals surface area contributed by atoms with E-state index in [0.29, 0.717) is 10.4 Å². The summed E-state index contributed by atoms with van der Waals surface area (Å²) in [6, 6.07) is 5.11. The first kappa shape index (κ1) is 12.0. The molecule has 0 saturated carbocycles. The van der Waals surface area contributed by atoms with Crippen molar-refractivity contribution in [1.29, 1.82) is 0 Å². The largest absolute Gasteiger partial charge is 0.288 e. The smallest absolute Gasteiger partial charge is 0.206 e. The van der Waals surface area contributed by atoms with E-state index in [2.05, 4.69) is 0 Å². The number of carbonyl (C=O) groups is 1. The van der Waals surface area contributed by atoms with Crippen molar-refractivity contribution in [2.75, 3.05) is 0 Å². The van der Waals surface area contributed by atoms with E-state index in [-0.39, 0.29) is 11.3 Å². The molecule has 2 aromatic rings. The van der Waals surface area contributed by atoms with Crippen molar-refractivity contribution in [2.24, 2.45) is 0 Å². The lowest BCUT2D eigenvalue weighted by atomic mass is 9.99. The Morgan fingerprint density at radius 3 is 2.41 bits per heavy atom. The second-order valence-electron chi connectivity index (χ2n) is 4.20. The summed E-state index contributed by atoms with van der Waals surface area (Å²) in [7, 11) is 0. The van der Waals surface area contributed by atoms with E-state index in [4.69, 9.17) is 0 Å². The van der Waals surface area contributed by atoms with Crippen LogP contribution in [0.5, 0.6) is 0 Å². The zero-order chi connectivity index (χ0) is 12.6. The molecule has 0 bridgehead atoms.